The Labute approximate surface area is 69.8 Å². The van der Waals surface area contributed by atoms with Crippen molar-refractivity contribution in [3.63, 3.8) is 0 Å². The van der Waals surface area contributed by atoms with Crippen molar-refractivity contribution in [2.45, 2.75) is 12.2 Å². The highest BCUT2D eigenvalue weighted by molar-refractivity contribution is 7.98. The molecule has 0 unspecified atom stereocenters. The van der Waals surface area contributed by atoms with E-state index in [1.807, 2.05) is 0 Å². The van der Waals surface area contributed by atoms with Crippen molar-refractivity contribution >= 4 is 11.8 Å². The summed E-state index contributed by atoms with van der Waals surface area (Å²) in [5, 5.41) is 12.1. The second-order valence-electron chi connectivity index (χ2n) is 2.16. The normalized spacial score (nSPS) is 10.3. The fraction of sp³-hybridized carbons (Fsp3) is 0.571. The van der Waals surface area contributed by atoms with Crippen molar-refractivity contribution in [1.82, 2.24) is 5.16 Å². The molecule has 1 aromatic rings. The van der Waals surface area contributed by atoms with Crippen molar-refractivity contribution in [1.29, 1.82) is 0 Å². The Kier molecular flexibility index (Phi) is 4.08. The topological polar surface area (TPSA) is 46.3 Å². The van der Waals surface area contributed by atoms with Gasteiger partial charge in [0.25, 0.3) is 0 Å². The Morgan fingerprint density at radius 1 is 1.64 bits per heavy atom. The summed E-state index contributed by atoms with van der Waals surface area (Å²) in [4.78, 5) is 0. The van der Waals surface area contributed by atoms with Crippen LogP contribution in [0.15, 0.2) is 17.0 Å². The number of rotatable bonds is 5. The Bertz CT molecular complexity index is 177. The van der Waals surface area contributed by atoms with Gasteiger partial charge in [-0.1, -0.05) is 5.16 Å². The molecule has 0 aliphatic rings. The van der Waals surface area contributed by atoms with Gasteiger partial charge >= 0.3 is 0 Å². The lowest BCUT2D eigenvalue weighted by molar-refractivity contribution is 0.296. The van der Waals surface area contributed by atoms with Gasteiger partial charge < -0.3 is 9.63 Å². The first-order chi connectivity index (χ1) is 5.43. The summed E-state index contributed by atoms with van der Waals surface area (Å²) < 4.78 is 4.66. The summed E-state index contributed by atoms with van der Waals surface area (Å²) in [6.45, 7) is 0.274. The first-order valence-electron chi connectivity index (χ1n) is 3.50. The van der Waals surface area contributed by atoms with Crippen LogP contribution in [0, 0.1) is 0 Å². The van der Waals surface area contributed by atoms with Gasteiger partial charge in [-0.2, -0.15) is 11.8 Å². The smallest absolute Gasteiger partial charge is 0.127 e. The fourth-order valence-corrected chi connectivity index (χ4v) is 1.51. The molecule has 1 aromatic heterocycles. The van der Waals surface area contributed by atoms with Gasteiger partial charge in [0, 0.05) is 17.9 Å². The predicted molar refractivity (Wildman–Crippen MR) is 44.4 cm³/mol. The van der Waals surface area contributed by atoms with Gasteiger partial charge in [0.2, 0.25) is 0 Å². The van der Waals surface area contributed by atoms with Crippen LogP contribution >= 0.6 is 11.8 Å². The van der Waals surface area contributed by atoms with Crippen LogP contribution in [0.4, 0.5) is 0 Å². The number of aliphatic hydroxyl groups is 1. The molecule has 0 radical (unpaired) electrons. The maximum Gasteiger partial charge on any atom is 0.127 e. The first kappa shape index (κ1) is 8.62. The average Bonchev–Trinajstić information content (AvgIpc) is 2.50. The van der Waals surface area contributed by atoms with Crippen LogP contribution in [0.5, 0.6) is 0 Å². The number of thioether (sulfide) groups is 1. The molecule has 0 fully saturated rings. The lowest BCUT2D eigenvalue weighted by atomic mass is 10.4. The number of hydrogen-bond donors (Lipinski definition) is 1. The van der Waals surface area contributed by atoms with E-state index in [-0.39, 0.29) is 6.61 Å². The zero-order chi connectivity index (χ0) is 7.94. The van der Waals surface area contributed by atoms with Crippen molar-refractivity contribution in [2.75, 3.05) is 12.4 Å². The second-order valence-corrected chi connectivity index (χ2v) is 3.27. The molecule has 3 nitrogen and oxygen atoms in total. The molecule has 0 aliphatic heterocycles. The van der Waals surface area contributed by atoms with Crippen LogP contribution in [0.3, 0.4) is 0 Å². The van der Waals surface area contributed by atoms with E-state index in [9.17, 15) is 0 Å². The molecule has 1 heterocycles. The molecule has 0 atom stereocenters. The highest BCUT2D eigenvalue weighted by Gasteiger charge is 1.94. The van der Waals surface area contributed by atoms with Crippen LogP contribution in [0.25, 0.3) is 0 Å². The Morgan fingerprint density at radius 2 is 2.55 bits per heavy atom. The van der Waals surface area contributed by atoms with Crippen LogP contribution in [-0.2, 0) is 5.75 Å². The number of aromatic nitrogens is 1. The van der Waals surface area contributed by atoms with Crippen LogP contribution in [0.1, 0.15) is 12.0 Å². The van der Waals surface area contributed by atoms with Crippen molar-refractivity contribution < 1.29 is 9.63 Å². The van der Waals surface area contributed by atoms with E-state index >= 15 is 0 Å². The molecule has 0 amide bonds. The zero-order valence-corrected chi connectivity index (χ0v) is 7.01. The molecule has 0 saturated heterocycles. The van der Waals surface area contributed by atoms with Crippen molar-refractivity contribution in [2.24, 2.45) is 0 Å². The summed E-state index contributed by atoms with van der Waals surface area (Å²) in [5.74, 6) is 1.91. The second kappa shape index (κ2) is 5.21. The molecule has 0 bridgehead atoms. The van der Waals surface area contributed by atoms with E-state index in [1.165, 1.54) is 0 Å². The monoisotopic (exact) mass is 173 g/mol. The van der Waals surface area contributed by atoms with Crippen LogP contribution in [0.2, 0.25) is 0 Å². The molecular formula is C7H11NO2S. The quantitative estimate of drug-likeness (QED) is 0.681. The SMILES string of the molecule is OCCCSCc1cnoc1. The molecule has 0 aliphatic carbocycles. The number of nitrogens with zero attached hydrogens (tertiary/aromatic N) is 1. The molecule has 0 aromatic carbocycles. The third-order valence-electron chi connectivity index (χ3n) is 1.20. The van der Waals surface area contributed by atoms with Gasteiger partial charge in [-0.05, 0) is 12.2 Å². The molecule has 62 valence electrons. The molecular weight excluding hydrogens is 162 g/mol. The molecule has 4 heteroatoms. The Balaban J connectivity index is 2.04. The van der Waals surface area contributed by atoms with Gasteiger partial charge in [0.05, 0.1) is 6.20 Å². The minimum Gasteiger partial charge on any atom is -0.396 e. The number of hydrogen-bond acceptors (Lipinski definition) is 4. The maximum atomic E-state index is 8.48. The third-order valence-corrected chi connectivity index (χ3v) is 2.31. The van der Waals surface area contributed by atoms with E-state index < -0.39 is 0 Å². The minimum absolute atomic E-state index is 0.274. The average molecular weight is 173 g/mol. The van der Waals surface area contributed by atoms with E-state index in [0.29, 0.717) is 0 Å². The van der Waals surface area contributed by atoms with Crippen molar-refractivity contribution in [3.8, 4) is 0 Å². The Morgan fingerprint density at radius 3 is 3.18 bits per heavy atom. The molecule has 1 rings (SSSR count). The van der Waals surface area contributed by atoms with E-state index in [1.54, 1.807) is 24.2 Å². The highest BCUT2D eigenvalue weighted by atomic mass is 32.2. The summed E-state index contributed by atoms with van der Waals surface area (Å²) in [7, 11) is 0. The highest BCUT2D eigenvalue weighted by Crippen LogP contribution is 2.11. The molecule has 0 spiro atoms. The standard InChI is InChI=1S/C7H11NO2S/c9-2-1-3-11-6-7-4-8-10-5-7/h4-5,9H,1-3,6H2. The largest absolute Gasteiger partial charge is 0.396 e. The van der Waals surface area contributed by atoms with Gasteiger partial charge in [-0.15, -0.1) is 0 Å². The summed E-state index contributed by atoms with van der Waals surface area (Å²) in [5.41, 5.74) is 1.10. The van der Waals surface area contributed by atoms with Crippen LogP contribution < -0.4 is 0 Å². The van der Waals surface area contributed by atoms with E-state index in [2.05, 4.69) is 9.68 Å². The summed E-state index contributed by atoms with van der Waals surface area (Å²) in [6.07, 6.45) is 4.22. The van der Waals surface area contributed by atoms with Crippen molar-refractivity contribution in [3.05, 3.63) is 18.0 Å². The lowest BCUT2D eigenvalue weighted by Crippen LogP contribution is -1.86. The van der Waals surface area contributed by atoms with Gasteiger partial charge in [0.1, 0.15) is 6.26 Å². The summed E-state index contributed by atoms with van der Waals surface area (Å²) >= 11 is 1.78. The fourth-order valence-electron chi connectivity index (χ4n) is 0.655. The molecule has 1 N–H and O–H groups in total. The third kappa shape index (κ3) is 3.43. The maximum absolute atomic E-state index is 8.48. The van der Waals surface area contributed by atoms with Gasteiger partial charge in [-0.25, -0.2) is 0 Å². The minimum atomic E-state index is 0.274. The van der Waals surface area contributed by atoms with Crippen LogP contribution in [-0.4, -0.2) is 22.6 Å². The lowest BCUT2D eigenvalue weighted by Gasteiger charge is -1.94. The van der Waals surface area contributed by atoms with E-state index in [0.717, 1.165) is 23.5 Å². The Hall–Kier alpha value is -0.480. The van der Waals surface area contributed by atoms with Gasteiger partial charge in [0.15, 0.2) is 0 Å². The predicted octanol–water partition coefficient (Wildman–Crippen LogP) is 1.29. The first-order valence-corrected chi connectivity index (χ1v) is 4.66. The zero-order valence-electron chi connectivity index (χ0n) is 6.19. The van der Waals surface area contributed by atoms with Gasteiger partial charge in [-0.3, -0.25) is 0 Å². The molecule has 0 saturated carbocycles. The molecule has 11 heavy (non-hydrogen) atoms. The van der Waals surface area contributed by atoms with E-state index in [4.69, 9.17) is 5.11 Å². The summed E-state index contributed by atoms with van der Waals surface area (Å²) in [6, 6.07) is 0. The number of aliphatic hydroxyl groups excluding tert-OH is 1.